The molecular weight excluding hydrogens is 258 g/mol. The molecule has 1 heterocycles. The molecule has 0 radical (unpaired) electrons. The number of ether oxygens (including phenoxy) is 1. The molecule has 1 aromatic rings. The molecule has 0 fully saturated rings. The summed E-state index contributed by atoms with van der Waals surface area (Å²) in [6, 6.07) is 1.93. The van der Waals surface area contributed by atoms with Gasteiger partial charge in [-0.2, -0.15) is 0 Å². The molecule has 4 heteroatoms. The van der Waals surface area contributed by atoms with Gasteiger partial charge in [0.1, 0.15) is 5.75 Å². The highest BCUT2D eigenvalue weighted by molar-refractivity contribution is 9.10. The molecule has 2 rings (SSSR count). The molecule has 0 N–H and O–H groups in total. The van der Waals surface area contributed by atoms with E-state index in [9.17, 15) is 4.79 Å². The topological polar surface area (TPSA) is 29.5 Å². The minimum atomic E-state index is -0.0161. The Morgan fingerprint density at radius 3 is 2.73 bits per heavy atom. The fourth-order valence-electron chi connectivity index (χ4n) is 1.63. The van der Waals surface area contributed by atoms with E-state index in [1.165, 1.54) is 0 Å². The largest absolute Gasteiger partial charge is 0.481 e. The van der Waals surface area contributed by atoms with Crippen LogP contribution < -0.4 is 9.64 Å². The van der Waals surface area contributed by atoms with Gasteiger partial charge in [-0.15, -0.1) is 0 Å². The van der Waals surface area contributed by atoms with Crippen LogP contribution in [0.1, 0.15) is 11.1 Å². The number of fused-ring (bicyclic) bond motifs is 1. The van der Waals surface area contributed by atoms with Gasteiger partial charge in [0.25, 0.3) is 5.91 Å². The van der Waals surface area contributed by atoms with E-state index in [2.05, 4.69) is 15.9 Å². The first-order valence-electron chi connectivity index (χ1n) is 4.71. The van der Waals surface area contributed by atoms with Crippen molar-refractivity contribution >= 4 is 27.5 Å². The number of nitrogens with zero attached hydrogens (tertiary/aromatic N) is 1. The third-order valence-electron chi connectivity index (χ3n) is 2.83. The lowest BCUT2D eigenvalue weighted by Crippen LogP contribution is -2.35. The summed E-state index contributed by atoms with van der Waals surface area (Å²) in [7, 11) is 1.77. The molecule has 0 atom stereocenters. The smallest absolute Gasteiger partial charge is 0.264 e. The molecule has 1 aliphatic rings. The van der Waals surface area contributed by atoms with Crippen molar-refractivity contribution in [2.75, 3.05) is 18.6 Å². The third kappa shape index (κ3) is 1.53. The lowest BCUT2D eigenvalue weighted by atomic mass is 10.1. The van der Waals surface area contributed by atoms with E-state index in [0.717, 1.165) is 27.0 Å². The Morgan fingerprint density at radius 2 is 2.07 bits per heavy atom. The number of rotatable bonds is 0. The van der Waals surface area contributed by atoms with Crippen LogP contribution in [-0.2, 0) is 4.79 Å². The van der Waals surface area contributed by atoms with Crippen LogP contribution in [0.15, 0.2) is 10.5 Å². The third-order valence-corrected chi connectivity index (χ3v) is 3.66. The van der Waals surface area contributed by atoms with E-state index < -0.39 is 0 Å². The zero-order chi connectivity index (χ0) is 11.2. The van der Waals surface area contributed by atoms with Gasteiger partial charge in [-0.1, -0.05) is 15.9 Å². The monoisotopic (exact) mass is 269 g/mol. The first-order chi connectivity index (χ1) is 7.02. The highest BCUT2D eigenvalue weighted by atomic mass is 79.9. The number of halogens is 1. The molecule has 0 aliphatic carbocycles. The first-order valence-corrected chi connectivity index (χ1v) is 5.50. The molecule has 0 spiro atoms. The van der Waals surface area contributed by atoms with Crippen molar-refractivity contribution in [1.29, 1.82) is 0 Å². The minimum Gasteiger partial charge on any atom is -0.481 e. The zero-order valence-corrected chi connectivity index (χ0v) is 10.5. The Bertz CT molecular complexity index is 443. The van der Waals surface area contributed by atoms with Gasteiger partial charge in [-0.25, -0.2) is 0 Å². The van der Waals surface area contributed by atoms with Crippen LogP contribution in [0, 0.1) is 13.8 Å². The summed E-state index contributed by atoms with van der Waals surface area (Å²) in [6.07, 6.45) is 0. The maximum absolute atomic E-state index is 11.4. The highest BCUT2D eigenvalue weighted by Gasteiger charge is 2.25. The number of amides is 1. The van der Waals surface area contributed by atoms with Gasteiger partial charge in [0.2, 0.25) is 0 Å². The normalized spacial score (nSPS) is 14.9. The predicted octanol–water partition coefficient (Wildman–Crippen LogP) is 2.42. The molecule has 15 heavy (non-hydrogen) atoms. The molecule has 80 valence electrons. The van der Waals surface area contributed by atoms with Crippen molar-refractivity contribution in [3.63, 3.8) is 0 Å². The molecule has 0 saturated heterocycles. The first kappa shape index (κ1) is 10.5. The van der Waals surface area contributed by atoms with Gasteiger partial charge in [-0.05, 0) is 31.0 Å². The fourth-order valence-corrected chi connectivity index (χ4v) is 2.15. The molecule has 0 aromatic heterocycles. The van der Waals surface area contributed by atoms with E-state index >= 15 is 0 Å². The quantitative estimate of drug-likeness (QED) is 0.724. The average molecular weight is 270 g/mol. The Labute approximate surface area is 97.2 Å². The summed E-state index contributed by atoms with van der Waals surface area (Å²) in [6.45, 7) is 4.16. The van der Waals surface area contributed by atoms with E-state index in [1.54, 1.807) is 11.9 Å². The van der Waals surface area contributed by atoms with Gasteiger partial charge in [0.15, 0.2) is 6.61 Å². The summed E-state index contributed by atoms with van der Waals surface area (Å²) in [5.74, 6) is 0.801. The van der Waals surface area contributed by atoms with Crippen LogP contribution in [-0.4, -0.2) is 19.6 Å². The fraction of sp³-hybridized carbons (Fsp3) is 0.364. The highest BCUT2D eigenvalue weighted by Crippen LogP contribution is 2.39. The zero-order valence-electron chi connectivity index (χ0n) is 8.93. The summed E-state index contributed by atoms with van der Waals surface area (Å²) in [5, 5.41) is 0. The van der Waals surface area contributed by atoms with Gasteiger partial charge in [0, 0.05) is 11.5 Å². The molecule has 1 aromatic carbocycles. The van der Waals surface area contributed by atoms with E-state index in [1.807, 2.05) is 19.9 Å². The second kappa shape index (κ2) is 3.52. The molecule has 1 amide bonds. The van der Waals surface area contributed by atoms with E-state index in [4.69, 9.17) is 4.74 Å². The van der Waals surface area contributed by atoms with Gasteiger partial charge >= 0.3 is 0 Å². The standard InChI is InChI=1S/C11H12BrNO2/c1-6-7(2)11-9(4-8(6)12)13(3)10(14)5-15-11/h4H,5H2,1-3H3. The number of benzene rings is 1. The second-order valence-electron chi connectivity index (χ2n) is 3.70. The summed E-state index contributed by atoms with van der Waals surface area (Å²) in [4.78, 5) is 13.1. The SMILES string of the molecule is Cc1c(Br)cc2c(c1C)OCC(=O)N2C. The number of carbonyl (C=O) groups excluding carboxylic acids is 1. The van der Waals surface area contributed by atoms with Crippen LogP contribution in [0.5, 0.6) is 5.75 Å². The lowest BCUT2D eigenvalue weighted by Gasteiger charge is -2.28. The molecule has 0 saturated carbocycles. The number of hydrogen-bond donors (Lipinski definition) is 0. The van der Waals surface area contributed by atoms with Gasteiger partial charge in [0.05, 0.1) is 5.69 Å². The molecule has 3 nitrogen and oxygen atoms in total. The van der Waals surface area contributed by atoms with Crippen molar-refractivity contribution in [3.05, 3.63) is 21.7 Å². The van der Waals surface area contributed by atoms with Crippen molar-refractivity contribution < 1.29 is 9.53 Å². The van der Waals surface area contributed by atoms with Crippen LogP contribution in [0.4, 0.5) is 5.69 Å². The average Bonchev–Trinajstić information content (AvgIpc) is 2.21. The van der Waals surface area contributed by atoms with Gasteiger partial charge < -0.3 is 9.64 Å². The number of carbonyl (C=O) groups is 1. The maximum Gasteiger partial charge on any atom is 0.264 e. The van der Waals surface area contributed by atoms with Crippen LogP contribution >= 0.6 is 15.9 Å². The van der Waals surface area contributed by atoms with Gasteiger partial charge in [-0.3, -0.25) is 4.79 Å². The number of likely N-dealkylation sites (N-methyl/N-ethyl adjacent to an activating group) is 1. The Balaban J connectivity index is 2.66. The van der Waals surface area contributed by atoms with Crippen molar-refractivity contribution in [3.8, 4) is 5.75 Å². The van der Waals surface area contributed by atoms with Crippen molar-refractivity contribution in [1.82, 2.24) is 0 Å². The van der Waals surface area contributed by atoms with E-state index in [-0.39, 0.29) is 12.5 Å². The van der Waals surface area contributed by atoms with Crippen LogP contribution in [0.2, 0.25) is 0 Å². The van der Waals surface area contributed by atoms with Crippen LogP contribution in [0.25, 0.3) is 0 Å². The lowest BCUT2D eigenvalue weighted by molar-refractivity contribution is -0.121. The Kier molecular flexibility index (Phi) is 2.46. The van der Waals surface area contributed by atoms with E-state index in [0.29, 0.717) is 0 Å². The summed E-state index contributed by atoms with van der Waals surface area (Å²) < 4.78 is 6.46. The Morgan fingerprint density at radius 1 is 1.40 bits per heavy atom. The summed E-state index contributed by atoms with van der Waals surface area (Å²) >= 11 is 3.48. The minimum absolute atomic E-state index is 0.0161. The number of hydrogen-bond acceptors (Lipinski definition) is 2. The molecule has 0 unspecified atom stereocenters. The molecule has 0 bridgehead atoms. The molecular formula is C11H12BrNO2. The van der Waals surface area contributed by atoms with Crippen molar-refractivity contribution in [2.45, 2.75) is 13.8 Å². The summed E-state index contributed by atoms with van der Waals surface area (Å²) in [5.41, 5.74) is 3.07. The maximum atomic E-state index is 11.4. The second-order valence-corrected chi connectivity index (χ2v) is 4.55. The van der Waals surface area contributed by atoms with Crippen LogP contribution in [0.3, 0.4) is 0 Å². The molecule has 1 aliphatic heterocycles. The number of anilines is 1. The van der Waals surface area contributed by atoms with Crippen molar-refractivity contribution in [2.24, 2.45) is 0 Å². The Hall–Kier alpha value is -1.03. The predicted molar refractivity (Wildman–Crippen MR) is 62.5 cm³/mol.